The molecule has 0 spiro atoms. The molecular weight excluding hydrogens is 242 g/mol. The van der Waals surface area contributed by atoms with Gasteiger partial charge in [-0.05, 0) is 39.3 Å². The molecule has 1 amide bonds. The molecule has 0 saturated heterocycles. The molecule has 0 aliphatic rings. The van der Waals surface area contributed by atoms with Crippen molar-refractivity contribution in [3.05, 3.63) is 30.3 Å². The Morgan fingerprint density at radius 3 is 2.39 bits per heavy atom. The van der Waals surface area contributed by atoms with Crippen molar-refractivity contribution in [3.8, 4) is 0 Å². The van der Waals surface area contributed by atoms with Crippen molar-refractivity contribution >= 4 is 22.0 Å². The number of benzene rings is 1. The van der Waals surface area contributed by atoms with Gasteiger partial charge in [-0.25, -0.2) is 4.79 Å². The second-order valence-electron chi connectivity index (χ2n) is 5.07. The second kappa shape index (κ2) is 6.59. The Bertz CT molecular complexity index is 373. The van der Waals surface area contributed by atoms with Gasteiger partial charge in [0.15, 0.2) is 0 Å². The van der Waals surface area contributed by atoms with Crippen LogP contribution in [0.4, 0.5) is 10.5 Å². The number of hydrogen-bond donors (Lipinski definition) is 0. The summed E-state index contributed by atoms with van der Waals surface area (Å²) in [6, 6.07) is 10.4. The van der Waals surface area contributed by atoms with E-state index >= 15 is 0 Å². The standard InChI is InChI=1S/C14H20NO2Si/c1-14(2,3)17-13(16)15(10-7-11-18)12-8-5-4-6-9-12/h4-6,8-9H,7,10-11H2,1-3H3. The fraction of sp³-hybridized carbons (Fsp3) is 0.500. The van der Waals surface area contributed by atoms with E-state index in [1.54, 1.807) is 4.90 Å². The van der Waals surface area contributed by atoms with Crippen molar-refractivity contribution in [3.63, 3.8) is 0 Å². The lowest BCUT2D eigenvalue weighted by Gasteiger charge is -2.27. The van der Waals surface area contributed by atoms with Gasteiger partial charge in [0.05, 0.1) is 0 Å². The lowest BCUT2D eigenvalue weighted by Crippen LogP contribution is -2.37. The molecule has 3 radical (unpaired) electrons. The molecule has 1 rings (SSSR count). The van der Waals surface area contributed by atoms with E-state index in [4.69, 9.17) is 4.74 Å². The second-order valence-corrected chi connectivity index (χ2v) is 5.57. The van der Waals surface area contributed by atoms with E-state index in [9.17, 15) is 4.79 Å². The van der Waals surface area contributed by atoms with Gasteiger partial charge < -0.3 is 4.74 Å². The van der Waals surface area contributed by atoms with Crippen molar-refractivity contribution < 1.29 is 9.53 Å². The van der Waals surface area contributed by atoms with Crippen LogP contribution in [0.25, 0.3) is 0 Å². The number of carbonyl (C=O) groups excluding carboxylic acids is 1. The molecule has 0 heterocycles. The third kappa shape index (κ3) is 4.92. The van der Waals surface area contributed by atoms with E-state index in [0.29, 0.717) is 6.54 Å². The van der Waals surface area contributed by atoms with Crippen LogP contribution in [0.5, 0.6) is 0 Å². The lowest BCUT2D eigenvalue weighted by molar-refractivity contribution is 0.0580. The first kappa shape index (κ1) is 14.8. The van der Waals surface area contributed by atoms with Crippen LogP contribution >= 0.6 is 0 Å². The Morgan fingerprint density at radius 2 is 1.89 bits per heavy atom. The molecule has 1 aromatic carbocycles. The summed E-state index contributed by atoms with van der Waals surface area (Å²) in [6.45, 7) is 6.26. The number of nitrogens with zero attached hydrogens (tertiary/aromatic N) is 1. The molecule has 0 N–H and O–H groups in total. The Balaban J connectivity index is 2.82. The van der Waals surface area contributed by atoms with Gasteiger partial charge in [0.25, 0.3) is 0 Å². The summed E-state index contributed by atoms with van der Waals surface area (Å²) in [6.07, 6.45) is 0.583. The Morgan fingerprint density at radius 1 is 1.28 bits per heavy atom. The SMILES string of the molecule is CC(C)(C)OC(=O)N(CCC[Si])c1ccccc1. The molecule has 3 nitrogen and oxygen atoms in total. The molecular formula is C14H20NO2Si. The first-order valence-electron chi connectivity index (χ1n) is 6.14. The van der Waals surface area contributed by atoms with Crippen molar-refractivity contribution in [1.29, 1.82) is 0 Å². The van der Waals surface area contributed by atoms with Crippen LogP contribution in [0.15, 0.2) is 30.3 Å². The van der Waals surface area contributed by atoms with Gasteiger partial charge in [0, 0.05) is 22.5 Å². The molecule has 0 fully saturated rings. The maximum absolute atomic E-state index is 12.2. The van der Waals surface area contributed by atoms with Gasteiger partial charge in [-0.15, -0.1) is 0 Å². The Hall–Kier alpha value is -1.29. The topological polar surface area (TPSA) is 29.5 Å². The molecule has 0 unspecified atom stereocenters. The van der Waals surface area contributed by atoms with Crippen molar-refractivity contribution in [2.45, 2.75) is 38.8 Å². The molecule has 0 bridgehead atoms. The molecule has 0 saturated carbocycles. The fourth-order valence-corrected chi connectivity index (χ4v) is 1.65. The molecule has 0 atom stereocenters. The average Bonchev–Trinajstić information content (AvgIpc) is 2.28. The quantitative estimate of drug-likeness (QED) is 0.778. The van der Waals surface area contributed by atoms with Crippen molar-refractivity contribution in [1.82, 2.24) is 0 Å². The lowest BCUT2D eigenvalue weighted by atomic mass is 10.2. The van der Waals surface area contributed by atoms with E-state index in [0.717, 1.165) is 18.2 Å². The number of hydrogen-bond acceptors (Lipinski definition) is 2. The molecule has 0 aromatic heterocycles. The minimum atomic E-state index is -0.474. The number of carbonyl (C=O) groups is 1. The predicted molar refractivity (Wildman–Crippen MR) is 75.2 cm³/mol. The summed E-state index contributed by atoms with van der Waals surface area (Å²) in [5.41, 5.74) is 0.393. The zero-order chi connectivity index (χ0) is 13.6. The van der Waals surface area contributed by atoms with Crippen LogP contribution in [-0.2, 0) is 4.74 Å². The highest BCUT2D eigenvalue weighted by Crippen LogP contribution is 2.18. The Kier molecular flexibility index (Phi) is 5.41. The van der Waals surface area contributed by atoms with E-state index in [1.165, 1.54) is 0 Å². The summed E-state index contributed by atoms with van der Waals surface area (Å²) >= 11 is 0. The third-order valence-corrected chi connectivity index (χ3v) is 2.59. The first-order valence-corrected chi connectivity index (χ1v) is 6.85. The maximum atomic E-state index is 12.2. The minimum absolute atomic E-state index is 0.297. The van der Waals surface area contributed by atoms with Crippen LogP contribution in [0.3, 0.4) is 0 Å². The summed E-state index contributed by atoms with van der Waals surface area (Å²) in [5.74, 6) is 0. The highest BCUT2D eigenvalue weighted by Gasteiger charge is 2.22. The van der Waals surface area contributed by atoms with Gasteiger partial charge in [-0.1, -0.05) is 24.2 Å². The average molecular weight is 262 g/mol. The number of para-hydroxylation sites is 1. The van der Waals surface area contributed by atoms with Crippen LogP contribution in [0.1, 0.15) is 27.2 Å². The minimum Gasteiger partial charge on any atom is -0.443 e. The summed E-state index contributed by atoms with van der Waals surface area (Å²) in [7, 11) is 3.43. The molecule has 4 heteroatoms. The van der Waals surface area contributed by atoms with E-state index in [2.05, 4.69) is 10.2 Å². The van der Waals surface area contributed by atoms with Crippen LogP contribution in [0, 0.1) is 0 Å². The predicted octanol–water partition coefficient (Wildman–Crippen LogP) is 3.41. The summed E-state index contributed by atoms with van der Waals surface area (Å²) in [5, 5.41) is 0. The smallest absolute Gasteiger partial charge is 0.414 e. The number of anilines is 1. The van der Waals surface area contributed by atoms with Gasteiger partial charge in [-0.2, -0.15) is 0 Å². The van der Waals surface area contributed by atoms with Gasteiger partial charge >= 0.3 is 6.09 Å². The first-order chi connectivity index (χ1) is 8.44. The highest BCUT2D eigenvalue weighted by atomic mass is 28.1. The van der Waals surface area contributed by atoms with E-state index in [-0.39, 0.29) is 6.09 Å². The molecule has 18 heavy (non-hydrogen) atoms. The molecule has 0 aliphatic carbocycles. The normalized spacial score (nSPS) is 11.1. The summed E-state index contributed by atoms with van der Waals surface area (Å²) in [4.78, 5) is 13.8. The largest absolute Gasteiger partial charge is 0.443 e. The van der Waals surface area contributed by atoms with Crippen molar-refractivity contribution in [2.24, 2.45) is 0 Å². The molecule has 0 aliphatic heterocycles. The van der Waals surface area contributed by atoms with Gasteiger partial charge in [0.1, 0.15) is 5.60 Å². The van der Waals surface area contributed by atoms with Crippen molar-refractivity contribution in [2.75, 3.05) is 11.4 Å². The van der Waals surface area contributed by atoms with Gasteiger partial charge in [-0.3, -0.25) is 4.90 Å². The number of ether oxygens (including phenoxy) is 1. The number of rotatable bonds is 4. The van der Waals surface area contributed by atoms with Crippen LogP contribution in [-0.4, -0.2) is 28.5 Å². The zero-order valence-electron chi connectivity index (χ0n) is 11.3. The maximum Gasteiger partial charge on any atom is 0.414 e. The Labute approximate surface area is 113 Å². The van der Waals surface area contributed by atoms with E-state index in [1.807, 2.05) is 51.1 Å². The summed E-state index contributed by atoms with van der Waals surface area (Å²) < 4.78 is 5.42. The van der Waals surface area contributed by atoms with Crippen LogP contribution in [0.2, 0.25) is 6.04 Å². The molecule has 1 aromatic rings. The number of amides is 1. The highest BCUT2D eigenvalue weighted by molar-refractivity contribution is 6.08. The zero-order valence-corrected chi connectivity index (χ0v) is 12.3. The fourth-order valence-electron chi connectivity index (χ4n) is 1.49. The monoisotopic (exact) mass is 262 g/mol. The van der Waals surface area contributed by atoms with Crippen LogP contribution < -0.4 is 4.90 Å². The van der Waals surface area contributed by atoms with E-state index < -0.39 is 5.60 Å². The van der Waals surface area contributed by atoms with Gasteiger partial charge in [0.2, 0.25) is 0 Å². The third-order valence-electron chi connectivity index (χ3n) is 2.24. The molecule has 97 valence electrons.